The number of aliphatic hydroxyl groups excluding tert-OH is 1. The van der Waals surface area contributed by atoms with Crippen molar-refractivity contribution < 1.29 is 9.84 Å². The zero-order chi connectivity index (χ0) is 11.3. The Morgan fingerprint density at radius 2 is 2.27 bits per heavy atom. The minimum atomic E-state index is 0.189. The molecule has 1 unspecified atom stereocenters. The second-order valence-corrected chi connectivity index (χ2v) is 4.37. The molecule has 0 saturated heterocycles. The molecular formula is C11H16BrNO2. The SMILES string of the molecule is COc1ccc(Br)c(NCC(C)CO)c1. The number of rotatable bonds is 5. The van der Waals surface area contributed by atoms with Crippen molar-refractivity contribution in [2.75, 3.05) is 25.6 Å². The molecule has 0 fully saturated rings. The maximum Gasteiger partial charge on any atom is 0.121 e. The van der Waals surface area contributed by atoms with Crippen molar-refractivity contribution >= 4 is 21.6 Å². The van der Waals surface area contributed by atoms with Crippen LogP contribution in [-0.2, 0) is 0 Å². The lowest BCUT2D eigenvalue weighted by molar-refractivity contribution is 0.244. The van der Waals surface area contributed by atoms with E-state index in [-0.39, 0.29) is 12.5 Å². The van der Waals surface area contributed by atoms with Crippen LogP contribution in [0.25, 0.3) is 0 Å². The molecule has 2 N–H and O–H groups in total. The summed E-state index contributed by atoms with van der Waals surface area (Å²) < 4.78 is 6.13. The molecule has 0 bridgehead atoms. The smallest absolute Gasteiger partial charge is 0.121 e. The molecule has 0 spiro atoms. The maximum atomic E-state index is 8.91. The number of aliphatic hydroxyl groups is 1. The van der Waals surface area contributed by atoms with Crippen molar-refractivity contribution in [3.8, 4) is 5.75 Å². The van der Waals surface area contributed by atoms with E-state index < -0.39 is 0 Å². The second kappa shape index (κ2) is 5.98. The van der Waals surface area contributed by atoms with E-state index in [9.17, 15) is 0 Å². The van der Waals surface area contributed by atoms with Crippen LogP contribution in [0.4, 0.5) is 5.69 Å². The molecule has 0 radical (unpaired) electrons. The maximum absolute atomic E-state index is 8.91. The number of anilines is 1. The molecule has 1 atom stereocenters. The van der Waals surface area contributed by atoms with Gasteiger partial charge < -0.3 is 15.2 Å². The number of benzene rings is 1. The topological polar surface area (TPSA) is 41.5 Å². The van der Waals surface area contributed by atoms with Gasteiger partial charge in [-0.1, -0.05) is 6.92 Å². The molecule has 3 nitrogen and oxygen atoms in total. The Hall–Kier alpha value is -0.740. The first kappa shape index (κ1) is 12.3. The van der Waals surface area contributed by atoms with E-state index in [1.54, 1.807) is 7.11 Å². The molecule has 1 rings (SSSR count). The summed E-state index contributed by atoms with van der Waals surface area (Å²) in [6, 6.07) is 5.75. The van der Waals surface area contributed by atoms with Crippen molar-refractivity contribution in [2.45, 2.75) is 6.92 Å². The van der Waals surface area contributed by atoms with E-state index in [2.05, 4.69) is 21.2 Å². The Morgan fingerprint density at radius 1 is 1.53 bits per heavy atom. The number of nitrogens with one attached hydrogen (secondary N) is 1. The van der Waals surface area contributed by atoms with Gasteiger partial charge in [0.05, 0.1) is 12.8 Å². The van der Waals surface area contributed by atoms with Crippen LogP contribution >= 0.6 is 15.9 Å². The molecule has 0 aliphatic carbocycles. The first-order valence-corrected chi connectivity index (χ1v) is 5.65. The lowest BCUT2D eigenvalue weighted by Gasteiger charge is -2.13. The van der Waals surface area contributed by atoms with Gasteiger partial charge in [0.25, 0.3) is 0 Å². The van der Waals surface area contributed by atoms with E-state index in [4.69, 9.17) is 9.84 Å². The zero-order valence-corrected chi connectivity index (χ0v) is 10.5. The average Bonchev–Trinajstić information content (AvgIpc) is 2.27. The number of hydrogen-bond acceptors (Lipinski definition) is 3. The lowest BCUT2D eigenvalue weighted by atomic mass is 10.2. The summed E-state index contributed by atoms with van der Waals surface area (Å²) in [6.45, 7) is 2.91. The molecule has 0 aliphatic rings. The quantitative estimate of drug-likeness (QED) is 0.866. The first-order valence-electron chi connectivity index (χ1n) is 4.85. The fourth-order valence-electron chi connectivity index (χ4n) is 1.12. The van der Waals surface area contributed by atoms with Crippen LogP contribution < -0.4 is 10.1 Å². The summed E-state index contributed by atoms with van der Waals surface area (Å²) in [5, 5.41) is 12.2. The summed E-state index contributed by atoms with van der Waals surface area (Å²) in [7, 11) is 1.64. The molecule has 0 aliphatic heterocycles. The Morgan fingerprint density at radius 3 is 2.87 bits per heavy atom. The number of ether oxygens (including phenoxy) is 1. The summed E-state index contributed by atoms with van der Waals surface area (Å²) in [5.41, 5.74) is 0.981. The predicted molar refractivity (Wildman–Crippen MR) is 65.4 cm³/mol. The van der Waals surface area contributed by atoms with E-state index >= 15 is 0 Å². The minimum Gasteiger partial charge on any atom is -0.497 e. The van der Waals surface area contributed by atoms with Crippen molar-refractivity contribution in [3.05, 3.63) is 22.7 Å². The normalized spacial score (nSPS) is 12.3. The van der Waals surface area contributed by atoms with Crippen molar-refractivity contribution in [3.63, 3.8) is 0 Å². The van der Waals surface area contributed by atoms with Gasteiger partial charge in [-0.3, -0.25) is 0 Å². The Labute approximate surface area is 98.6 Å². The molecule has 0 amide bonds. The van der Waals surface area contributed by atoms with Crippen molar-refractivity contribution in [2.24, 2.45) is 5.92 Å². The molecule has 84 valence electrons. The van der Waals surface area contributed by atoms with Crippen molar-refractivity contribution in [1.82, 2.24) is 0 Å². The summed E-state index contributed by atoms with van der Waals surface area (Å²) in [5.74, 6) is 1.06. The third-order valence-electron chi connectivity index (χ3n) is 2.13. The molecule has 1 aromatic rings. The fourth-order valence-corrected chi connectivity index (χ4v) is 1.50. The van der Waals surface area contributed by atoms with E-state index in [1.807, 2.05) is 25.1 Å². The van der Waals surface area contributed by atoms with Gasteiger partial charge in [-0.15, -0.1) is 0 Å². The van der Waals surface area contributed by atoms with E-state index in [1.165, 1.54) is 0 Å². The highest BCUT2D eigenvalue weighted by molar-refractivity contribution is 9.10. The Kier molecular flexibility index (Phi) is 4.91. The molecule has 0 saturated carbocycles. The van der Waals surface area contributed by atoms with Gasteiger partial charge in [0.2, 0.25) is 0 Å². The Bertz CT molecular complexity index is 317. The molecule has 0 heterocycles. The van der Waals surface area contributed by atoms with Gasteiger partial charge in [-0.05, 0) is 34.0 Å². The van der Waals surface area contributed by atoms with Gasteiger partial charge >= 0.3 is 0 Å². The number of halogens is 1. The van der Waals surface area contributed by atoms with Crippen LogP contribution in [0.1, 0.15) is 6.92 Å². The molecule has 4 heteroatoms. The highest BCUT2D eigenvalue weighted by Gasteiger charge is 2.04. The molecular weight excluding hydrogens is 258 g/mol. The zero-order valence-electron chi connectivity index (χ0n) is 8.96. The molecule has 1 aromatic carbocycles. The standard InChI is InChI=1S/C11H16BrNO2/c1-8(7-14)6-13-11-5-9(15-2)3-4-10(11)12/h3-5,8,13-14H,6-7H2,1-2H3. The lowest BCUT2D eigenvalue weighted by Crippen LogP contribution is -2.14. The number of hydrogen-bond donors (Lipinski definition) is 2. The third kappa shape index (κ3) is 3.72. The van der Waals surface area contributed by atoms with Crippen LogP contribution in [0.3, 0.4) is 0 Å². The second-order valence-electron chi connectivity index (χ2n) is 3.51. The largest absolute Gasteiger partial charge is 0.497 e. The van der Waals surface area contributed by atoms with Gasteiger partial charge in [-0.2, -0.15) is 0 Å². The summed E-state index contributed by atoms with van der Waals surface area (Å²) in [6.07, 6.45) is 0. The highest BCUT2D eigenvalue weighted by Crippen LogP contribution is 2.27. The van der Waals surface area contributed by atoms with Gasteiger partial charge in [0.1, 0.15) is 5.75 Å². The Balaban J connectivity index is 2.66. The highest BCUT2D eigenvalue weighted by atomic mass is 79.9. The minimum absolute atomic E-state index is 0.189. The van der Waals surface area contributed by atoms with Crippen LogP contribution in [0.2, 0.25) is 0 Å². The summed E-state index contributed by atoms with van der Waals surface area (Å²) >= 11 is 3.45. The van der Waals surface area contributed by atoms with Gasteiger partial charge in [0.15, 0.2) is 0 Å². The number of methoxy groups -OCH3 is 1. The van der Waals surface area contributed by atoms with Crippen LogP contribution in [-0.4, -0.2) is 25.4 Å². The summed E-state index contributed by atoms with van der Waals surface area (Å²) in [4.78, 5) is 0. The van der Waals surface area contributed by atoms with E-state index in [0.29, 0.717) is 0 Å². The average molecular weight is 274 g/mol. The van der Waals surface area contributed by atoms with Crippen LogP contribution in [0, 0.1) is 5.92 Å². The van der Waals surface area contributed by atoms with Crippen LogP contribution in [0.5, 0.6) is 5.75 Å². The van der Waals surface area contributed by atoms with Gasteiger partial charge in [0, 0.05) is 23.7 Å². The van der Waals surface area contributed by atoms with Gasteiger partial charge in [-0.25, -0.2) is 0 Å². The first-order chi connectivity index (χ1) is 7.17. The monoisotopic (exact) mass is 273 g/mol. The third-order valence-corrected chi connectivity index (χ3v) is 2.82. The molecule has 15 heavy (non-hydrogen) atoms. The predicted octanol–water partition coefficient (Wildman–Crippen LogP) is 2.50. The van der Waals surface area contributed by atoms with Crippen LogP contribution in [0.15, 0.2) is 22.7 Å². The fraction of sp³-hybridized carbons (Fsp3) is 0.455. The van der Waals surface area contributed by atoms with Crippen molar-refractivity contribution in [1.29, 1.82) is 0 Å². The molecule has 0 aromatic heterocycles. The van der Waals surface area contributed by atoms with E-state index in [0.717, 1.165) is 22.5 Å².